The molecule has 0 aliphatic carbocycles. The van der Waals surface area contributed by atoms with Crippen molar-refractivity contribution in [3.05, 3.63) is 22.2 Å². The van der Waals surface area contributed by atoms with Crippen LogP contribution < -0.4 is 5.56 Å². The average Bonchev–Trinajstić information content (AvgIpc) is 2.53. The first-order valence-corrected chi connectivity index (χ1v) is 4.13. The van der Waals surface area contributed by atoms with Gasteiger partial charge in [-0.05, 0) is 6.42 Å². The zero-order chi connectivity index (χ0) is 9.26. The fourth-order valence-electron chi connectivity index (χ4n) is 1.41. The predicted molar refractivity (Wildman–Crippen MR) is 44.7 cm³/mol. The van der Waals surface area contributed by atoms with E-state index in [2.05, 4.69) is 9.97 Å². The molecule has 0 radical (unpaired) electrons. The van der Waals surface area contributed by atoms with Gasteiger partial charge in [-0.15, -0.1) is 0 Å². The molecule has 0 amide bonds. The Bertz CT molecular complexity index is 355. The Morgan fingerprint density at radius 2 is 2.54 bits per heavy atom. The summed E-state index contributed by atoms with van der Waals surface area (Å²) in [5, 5.41) is 9.08. The molecule has 1 saturated heterocycles. The number of aromatic amines is 1. The summed E-state index contributed by atoms with van der Waals surface area (Å²) in [4.78, 5) is 17.4. The fourth-order valence-corrected chi connectivity index (χ4v) is 1.41. The van der Waals surface area contributed by atoms with Gasteiger partial charge in [0, 0.05) is 12.5 Å². The topological polar surface area (TPSA) is 75.2 Å². The third kappa shape index (κ3) is 1.70. The van der Waals surface area contributed by atoms with E-state index in [1.807, 2.05) is 0 Å². The molecule has 0 saturated carbocycles. The monoisotopic (exact) mass is 182 g/mol. The second kappa shape index (κ2) is 3.18. The lowest BCUT2D eigenvalue weighted by atomic mass is 10.1. The molecule has 2 rings (SSSR count). The maximum Gasteiger partial charge on any atom is 0.254 e. The van der Waals surface area contributed by atoms with Crippen molar-refractivity contribution in [2.24, 2.45) is 0 Å². The summed E-state index contributed by atoms with van der Waals surface area (Å²) in [5.74, 6) is 0.396. The molecule has 1 fully saturated rings. The highest BCUT2D eigenvalue weighted by molar-refractivity contribution is 5.09. The quantitative estimate of drug-likeness (QED) is 0.640. The van der Waals surface area contributed by atoms with E-state index < -0.39 is 0 Å². The van der Waals surface area contributed by atoms with Crippen molar-refractivity contribution in [1.82, 2.24) is 9.97 Å². The van der Waals surface area contributed by atoms with Gasteiger partial charge in [-0.2, -0.15) is 4.98 Å². The minimum Gasteiger partial charge on any atom is -0.493 e. The maximum atomic E-state index is 11.0. The highest BCUT2D eigenvalue weighted by Crippen LogP contribution is 2.21. The van der Waals surface area contributed by atoms with Crippen LogP contribution in [0.1, 0.15) is 18.2 Å². The van der Waals surface area contributed by atoms with Crippen molar-refractivity contribution in [2.45, 2.75) is 12.3 Å². The number of hydrogen-bond acceptors (Lipinski definition) is 4. The Morgan fingerprint density at radius 1 is 1.69 bits per heavy atom. The third-order valence-electron chi connectivity index (χ3n) is 2.06. The van der Waals surface area contributed by atoms with Crippen molar-refractivity contribution < 1.29 is 9.84 Å². The summed E-state index contributed by atoms with van der Waals surface area (Å²) in [7, 11) is 0. The Balaban J connectivity index is 2.33. The molecule has 1 atom stereocenters. The summed E-state index contributed by atoms with van der Waals surface area (Å²) < 4.78 is 5.15. The van der Waals surface area contributed by atoms with Crippen molar-refractivity contribution >= 4 is 0 Å². The van der Waals surface area contributed by atoms with E-state index >= 15 is 0 Å². The molecule has 5 nitrogen and oxygen atoms in total. The van der Waals surface area contributed by atoms with Gasteiger partial charge < -0.3 is 14.8 Å². The van der Waals surface area contributed by atoms with Crippen molar-refractivity contribution in [3.8, 4) is 5.88 Å². The molecule has 70 valence electrons. The van der Waals surface area contributed by atoms with E-state index in [0.29, 0.717) is 19.0 Å². The Kier molecular flexibility index (Phi) is 2.02. The van der Waals surface area contributed by atoms with Gasteiger partial charge in [-0.1, -0.05) is 0 Å². The van der Waals surface area contributed by atoms with Gasteiger partial charge >= 0.3 is 0 Å². The first-order chi connectivity index (χ1) is 6.25. The molecule has 2 N–H and O–H groups in total. The molecule has 1 aromatic rings. The van der Waals surface area contributed by atoms with Gasteiger partial charge in [0.2, 0.25) is 5.88 Å². The van der Waals surface area contributed by atoms with Crippen LogP contribution in [0.25, 0.3) is 0 Å². The minimum absolute atomic E-state index is 0.111. The highest BCUT2D eigenvalue weighted by Gasteiger charge is 2.20. The zero-order valence-corrected chi connectivity index (χ0v) is 6.99. The van der Waals surface area contributed by atoms with E-state index in [9.17, 15) is 4.79 Å². The molecule has 0 aromatic carbocycles. The molecular formula is C8H10N2O3. The number of hydrogen-bond donors (Lipinski definition) is 2. The number of nitrogens with zero attached hydrogens (tertiary/aromatic N) is 1. The number of aromatic nitrogens is 2. The Morgan fingerprint density at radius 3 is 3.15 bits per heavy atom. The van der Waals surface area contributed by atoms with Crippen LogP contribution in [0.2, 0.25) is 0 Å². The normalized spacial score (nSPS) is 22.0. The summed E-state index contributed by atoms with van der Waals surface area (Å²) in [5.41, 5.74) is -0.325. The average molecular weight is 182 g/mol. The lowest BCUT2D eigenvalue weighted by Crippen LogP contribution is -2.13. The summed E-state index contributed by atoms with van der Waals surface area (Å²) >= 11 is 0. The Hall–Kier alpha value is -1.36. The van der Waals surface area contributed by atoms with E-state index in [1.165, 1.54) is 0 Å². The molecule has 1 unspecified atom stereocenters. The van der Waals surface area contributed by atoms with Crippen molar-refractivity contribution in [2.75, 3.05) is 13.2 Å². The van der Waals surface area contributed by atoms with Crippen LogP contribution in [0, 0.1) is 0 Å². The number of aromatic hydroxyl groups is 1. The number of rotatable bonds is 1. The van der Waals surface area contributed by atoms with Crippen LogP contribution >= 0.6 is 0 Å². The van der Waals surface area contributed by atoms with Gasteiger partial charge in [0.1, 0.15) is 5.82 Å². The molecule has 1 aliphatic heterocycles. The smallest absolute Gasteiger partial charge is 0.254 e. The molecule has 13 heavy (non-hydrogen) atoms. The molecule has 1 aliphatic rings. The van der Waals surface area contributed by atoms with E-state index in [-0.39, 0.29) is 17.4 Å². The van der Waals surface area contributed by atoms with Crippen LogP contribution in [0.3, 0.4) is 0 Å². The highest BCUT2D eigenvalue weighted by atomic mass is 16.5. The van der Waals surface area contributed by atoms with Crippen LogP contribution in [0.4, 0.5) is 0 Å². The second-order valence-electron chi connectivity index (χ2n) is 3.05. The first-order valence-electron chi connectivity index (χ1n) is 4.13. The fraction of sp³-hybridized carbons (Fsp3) is 0.500. The molecule has 5 heteroatoms. The van der Waals surface area contributed by atoms with Gasteiger partial charge in [-0.25, -0.2) is 0 Å². The molecule has 2 heterocycles. The molecular weight excluding hydrogens is 172 g/mol. The molecule has 1 aromatic heterocycles. The minimum atomic E-state index is -0.325. The van der Waals surface area contributed by atoms with Crippen LogP contribution in [0.15, 0.2) is 10.9 Å². The van der Waals surface area contributed by atoms with E-state index in [1.54, 1.807) is 0 Å². The summed E-state index contributed by atoms with van der Waals surface area (Å²) in [6, 6.07) is 1.05. The van der Waals surface area contributed by atoms with Crippen LogP contribution in [-0.2, 0) is 4.74 Å². The van der Waals surface area contributed by atoms with Crippen LogP contribution in [0.5, 0.6) is 5.88 Å². The number of ether oxygens (including phenoxy) is 1. The first kappa shape index (κ1) is 8.25. The van der Waals surface area contributed by atoms with Crippen molar-refractivity contribution in [3.63, 3.8) is 0 Å². The van der Waals surface area contributed by atoms with Crippen LogP contribution in [-0.4, -0.2) is 28.3 Å². The summed E-state index contributed by atoms with van der Waals surface area (Å²) in [6.45, 7) is 1.25. The Labute approximate surface area is 74.4 Å². The lowest BCUT2D eigenvalue weighted by molar-refractivity contribution is 0.193. The van der Waals surface area contributed by atoms with E-state index in [0.717, 1.165) is 12.5 Å². The molecule has 0 bridgehead atoms. The van der Waals surface area contributed by atoms with Gasteiger partial charge in [0.25, 0.3) is 5.56 Å². The predicted octanol–water partition coefficient (Wildman–Crippen LogP) is -0.0206. The molecule has 0 spiro atoms. The van der Waals surface area contributed by atoms with Gasteiger partial charge in [0.15, 0.2) is 0 Å². The zero-order valence-electron chi connectivity index (χ0n) is 6.99. The van der Waals surface area contributed by atoms with Gasteiger partial charge in [-0.3, -0.25) is 4.79 Å². The third-order valence-corrected chi connectivity index (χ3v) is 2.06. The van der Waals surface area contributed by atoms with E-state index in [4.69, 9.17) is 9.84 Å². The standard InChI is InChI=1S/C8H10N2O3/c11-6-3-7(12)10-8(9-6)5-1-2-13-4-5/h3,5H,1-2,4H2,(H2,9,10,11,12). The van der Waals surface area contributed by atoms with Crippen molar-refractivity contribution in [1.29, 1.82) is 0 Å². The van der Waals surface area contributed by atoms with Gasteiger partial charge in [0.05, 0.1) is 12.7 Å². The number of nitrogens with one attached hydrogen (secondary N) is 1. The lowest BCUT2D eigenvalue weighted by Gasteiger charge is -2.05. The summed E-state index contributed by atoms with van der Waals surface area (Å²) in [6.07, 6.45) is 0.840. The second-order valence-corrected chi connectivity index (χ2v) is 3.05. The SMILES string of the molecule is O=c1cc(O)nc(C2CCOC2)[nH]1. The largest absolute Gasteiger partial charge is 0.493 e. The number of H-pyrrole nitrogens is 1. The maximum absolute atomic E-state index is 11.0.